The van der Waals surface area contributed by atoms with E-state index in [2.05, 4.69) is 16.3 Å². The predicted octanol–water partition coefficient (Wildman–Crippen LogP) is 1.93. The SMILES string of the molecule is COc1ccc(C#N)c(NCCCN(C)C)c1. The minimum Gasteiger partial charge on any atom is -0.497 e. The number of rotatable bonds is 6. The van der Waals surface area contributed by atoms with Gasteiger partial charge in [0, 0.05) is 12.6 Å². The molecule has 0 saturated carbocycles. The Balaban J connectivity index is 2.59. The van der Waals surface area contributed by atoms with E-state index in [1.54, 1.807) is 19.2 Å². The minimum absolute atomic E-state index is 0.649. The summed E-state index contributed by atoms with van der Waals surface area (Å²) in [5, 5.41) is 12.3. The van der Waals surface area contributed by atoms with Crippen molar-refractivity contribution >= 4 is 5.69 Å². The zero-order valence-corrected chi connectivity index (χ0v) is 10.7. The Hall–Kier alpha value is -1.73. The molecule has 0 spiro atoms. The van der Waals surface area contributed by atoms with Crippen LogP contribution in [0.25, 0.3) is 0 Å². The minimum atomic E-state index is 0.649. The van der Waals surface area contributed by atoms with E-state index in [1.165, 1.54) is 0 Å². The van der Waals surface area contributed by atoms with Gasteiger partial charge < -0.3 is 15.0 Å². The summed E-state index contributed by atoms with van der Waals surface area (Å²) in [5.74, 6) is 0.763. The quantitative estimate of drug-likeness (QED) is 0.763. The van der Waals surface area contributed by atoms with Gasteiger partial charge in [-0.3, -0.25) is 0 Å². The molecule has 0 unspecified atom stereocenters. The Morgan fingerprint density at radius 2 is 2.18 bits per heavy atom. The summed E-state index contributed by atoms with van der Waals surface area (Å²) in [4.78, 5) is 2.14. The highest BCUT2D eigenvalue weighted by atomic mass is 16.5. The molecule has 0 radical (unpaired) electrons. The van der Waals surface area contributed by atoms with E-state index in [9.17, 15) is 0 Å². The van der Waals surface area contributed by atoms with Gasteiger partial charge in [-0.1, -0.05) is 0 Å². The van der Waals surface area contributed by atoms with E-state index in [1.807, 2.05) is 20.2 Å². The predicted molar refractivity (Wildman–Crippen MR) is 69.4 cm³/mol. The molecule has 17 heavy (non-hydrogen) atoms. The number of nitrogens with one attached hydrogen (secondary N) is 1. The van der Waals surface area contributed by atoms with Crippen LogP contribution in [0.5, 0.6) is 5.75 Å². The van der Waals surface area contributed by atoms with Crippen LogP contribution in [-0.2, 0) is 0 Å². The first-order chi connectivity index (χ1) is 8.17. The van der Waals surface area contributed by atoms with E-state index in [4.69, 9.17) is 10.00 Å². The third kappa shape index (κ3) is 4.33. The third-order valence-corrected chi connectivity index (χ3v) is 2.44. The zero-order valence-electron chi connectivity index (χ0n) is 10.7. The summed E-state index contributed by atoms with van der Waals surface area (Å²) in [5.41, 5.74) is 1.49. The van der Waals surface area contributed by atoms with Crippen LogP contribution in [0.3, 0.4) is 0 Å². The molecule has 1 N–H and O–H groups in total. The summed E-state index contributed by atoms with van der Waals surface area (Å²) in [6.45, 7) is 1.87. The molecule has 0 aromatic heterocycles. The van der Waals surface area contributed by atoms with Gasteiger partial charge in [0.05, 0.1) is 18.4 Å². The van der Waals surface area contributed by atoms with Gasteiger partial charge in [0.25, 0.3) is 0 Å². The Morgan fingerprint density at radius 1 is 1.41 bits per heavy atom. The average Bonchev–Trinajstić information content (AvgIpc) is 2.34. The second-order valence-corrected chi connectivity index (χ2v) is 4.11. The lowest BCUT2D eigenvalue weighted by Crippen LogP contribution is -2.16. The summed E-state index contributed by atoms with van der Waals surface area (Å²) < 4.78 is 5.14. The highest BCUT2D eigenvalue weighted by molar-refractivity contribution is 5.60. The molecule has 1 rings (SSSR count). The second-order valence-electron chi connectivity index (χ2n) is 4.11. The van der Waals surface area contributed by atoms with E-state index in [0.29, 0.717) is 5.56 Å². The first kappa shape index (κ1) is 13.3. The molecule has 4 nitrogen and oxygen atoms in total. The fourth-order valence-corrected chi connectivity index (χ4v) is 1.51. The molecule has 1 aromatic rings. The molecule has 0 amide bonds. The first-order valence-electron chi connectivity index (χ1n) is 5.64. The molecule has 0 atom stereocenters. The Bertz CT molecular complexity index is 396. The zero-order chi connectivity index (χ0) is 12.7. The van der Waals surface area contributed by atoms with Gasteiger partial charge in [0.15, 0.2) is 0 Å². The maximum Gasteiger partial charge on any atom is 0.121 e. The Labute approximate surface area is 103 Å². The normalized spacial score (nSPS) is 10.1. The van der Waals surface area contributed by atoms with Crippen LogP contribution < -0.4 is 10.1 Å². The van der Waals surface area contributed by atoms with Crippen molar-refractivity contribution in [1.29, 1.82) is 5.26 Å². The topological polar surface area (TPSA) is 48.3 Å². The van der Waals surface area contributed by atoms with Gasteiger partial charge in [0.2, 0.25) is 0 Å². The molecule has 0 fully saturated rings. The molecule has 0 saturated heterocycles. The largest absolute Gasteiger partial charge is 0.497 e. The molecule has 92 valence electrons. The van der Waals surface area contributed by atoms with Crippen molar-refractivity contribution in [3.63, 3.8) is 0 Å². The number of anilines is 1. The number of methoxy groups -OCH3 is 1. The molecule has 0 aliphatic rings. The Kier molecular flexibility index (Phi) is 5.31. The van der Waals surface area contributed by atoms with Crippen LogP contribution in [0.2, 0.25) is 0 Å². The van der Waals surface area contributed by atoms with Crippen LogP contribution >= 0.6 is 0 Å². The van der Waals surface area contributed by atoms with Crippen LogP contribution in [-0.4, -0.2) is 39.2 Å². The number of ether oxygens (including phenoxy) is 1. The maximum absolute atomic E-state index is 8.99. The van der Waals surface area contributed by atoms with Crippen LogP contribution in [0.1, 0.15) is 12.0 Å². The molecule has 0 bridgehead atoms. The monoisotopic (exact) mass is 233 g/mol. The lowest BCUT2D eigenvalue weighted by Gasteiger charge is -2.12. The van der Waals surface area contributed by atoms with Gasteiger partial charge in [-0.25, -0.2) is 0 Å². The molecule has 1 aromatic carbocycles. The van der Waals surface area contributed by atoms with Crippen molar-refractivity contribution in [1.82, 2.24) is 4.90 Å². The molecule has 0 aliphatic heterocycles. The second kappa shape index (κ2) is 6.77. The lowest BCUT2D eigenvalue weighted by atomic mass is 10.2. The van der Waals surface area contributed by atoms with Crippen LogP contribution in [0.4, 0.5) is 5.69 Å². The average molecular weight is 233 g/mol. The maximum atomic E-state index is 8.99. The number of hydrogen-bond donors (Lipinski definition) is 1. The standard InChI is InChI=1S/C13H19N3O/c1-16(2)8-4-7-15-13-9-12(17-3)6-5-11(13)10-14/h5-6,9,15H,4,7-8H2,1-3H3. The van der Waals surface area contributed by atoms with Crippen LogP contribution in [0.15, 0.2) is 18.2 Å². The van der Waals surface area contributed by atoms with Crippen molar-refractivity contribution < 1.29 is 4.74 Å². The molecular weight excluding hydrogens is 214 g/mol. The van der Waals surface area contributed by atoms with Gasteiger partial charge in [0.1, 0.15) is 11.8 Å². The van der Waals surface area contributed by atoms with Gasteiger partial charge in [-0.2, -0.15) is 5.26 Å². The van der Waals surface area contributed by atoms with Gasteiger partial charge in [-0.15, -0.1) is 0 Å². The summed E-state index contributed by atoms with van der Waals surface area (Å²) in [6.07, 6.45) is 1.04. The van der Waals surface area contributed by atoms with E-state index < -0.39 is 0 Å². The first-order valence-corrected chi connectivity index (χ1v) is 5.64. The number of hydrogen-bond acceptors (Lipinski definition) is 4. The number of nitrogens with zero attached hydrogens (tertiary/aromatic N) is 2. The highest BCUT2D eigenvalue weighted by Gasteiger charge is 2.03. The fourth-order valence-electron chi connectivity index (χ4n) is 1.51. The van der Waals surface area contributed by atoms with Crippen molar-refractivity contribution in [3.8, 4) is 11.8 Å². The van der Waals surface area contributed by atoms with Crippen LogP contribution in [0, 0.1) is 11.3 Å². The highest BCUT2D eigenvalue weighted by Crippen LogP contribution is 2.21. The number of nitriles is 1. The van der Waals surface area contributed by atoms with E-state index >= 15 is 0 Å². The molecule has 0 heterocycles. The van der Waals surface area contributed by atoms with E-state index in [0.717, 1.165) is 30.9 Å². The summed E-state index contributed by atoms with van der Waals surface area (Å²) >= 11 is 0. The van der Waals surface area contributed by atoms with Crippen molar-refractivity contribution in [2.24, 2.45) is 0 Å². The smallest absolute Gasteiger partial charge is 0.121 e. The van der Waals surface area contributed by atoms with E-state index in [-0.39, 0.29) is 0 Å². The molecule has 0 aliphatic carbocycles. The molecule has 4 heteroatoms. The van der Waals surface area contributed by atoms with Crippen molar-refractivity contribution in [2.45, 2.75) is 6.42 Å². The fraction of sp³-hybridized carbons (Fsp3) is 0.462. The summed E-state index contributed by atoms with van der Waals surface area (Å²) in [7, 11) is 5.72. The summed E-state index contributed by atoms with van der Waals surface area (Å²) in [6, 6.07) is 7.59. The molecular formula is C13H19N3O. The van der Waals surface area contributed by atoms with Crippen molar-refractivity contribution in [3.05, 3.63) is 23.8 Å². The number of benzene rings is 1. The lowest BCUT2D eigenvalue weighted by molar-refractivity contribution is 0.405. The van der Waals surface area contributed by atoms with Gasteiger partial charge >= 0.3 is 0 Å². The third-order valence-electron chi connectivity index (χ3n) is 2.44. The van der Waals surface area contributed by atoms with Crippen molar-refractivity contribution in [2.75, 3.05) is 39.6 Å². The van der Waals surface area contributed by atoms with Gasteiger partial charge in [-0.05, 0) is 39.2 Å². The Morgan fingerprint density at radius 3 is 2.76 bits per heavy atom.